The minimum Gasteiger partial charge on any atom is -0.482 e. The highest BCUT2D eigenvalue weighted by molar-refractivity contribution is 7.48. The number of nitrogens with one attached hydrogen (secondary N) is 1. The van der Waals surface area contributed by atoms with E-state index < -0.39 is 62.4 Å². The van der Waals surface area contributed by atoms with Crippen molar-refractivity contribution in [2.24, 2.45) is 0 Å². The fourth-order valence-electron chi connectivity index (χ4n) is 4.74. The van der Waals surface area contributed by atoms with Crippen LogP contribution in [0.3, 0.4) is 0 Å². The van der Waals surface area contributed by atoms with E-state index in [1.54, 1.807) is 6.07 Å². The van der Waals surface area contributed by atoms with Gasteiger partial charge in [0, 0.05) is 17.5 Å². The molecule has 3 aliphatic heterocycles. The number of carboxylic acid groups (broad SMARTS) is 1. The van der Waals surface area contributed by atoms with Gasteiger partial charge in [-0.25, -0.2) is 14.3 Å². The Morgan fingerprint density at radius 2 is 2.15 bits per heavy atom. The van der Waals surface area contributed by atoms with Crippen molar-refractivity contribution in [3.63, 3.8) is 0 Å². The molecule has 17 nitrogen and oxygen atoms in total. The number of nitrogens with zero attached hydrogens (tertiary/aromatic N) is 3. The minimum absolute atomic E-state index is 0.0158. The van der Waals surface area contributed by atoms with Crippen molar-refractivity contribution in [3.05, 3.63) is 40.4 Å². The summed E-state index contributed by atoms with van der Waals surface area (Å²) in [4.78, 5) is 45.4. The number of H-pyrrole nitrogens is 1. The number of phosphoric ester groups is 1. The molecule has 5 heterocycles. The van der Waals surface area contributed by atoms with Crippen LogP contribution in [0.5, 0.6) is 11.5 Å². The van der Waals surface area contributed by atoms with E-state index in [9.17, 15) is 24.1 Å². The zero-order chi connectivity index (χ0) is 28.2. The second-order valence-electron chi connectivity index (χ2n) is 9.20. The smallest absolute Gasteiger partial charge is 0.475 e. The number of aromatic amines is 1. The van der Waals surface area contributed by atoms with E-state index in [1.807, 2.05) is 0 Å². The summed E-state index contributed by atoms with van der Waals surface area (Å²) < 4.78 is 47.4. The second kappa shape index (κ2) is 9.96. The highest BCUT2D eigenvalue weighted by Crippen LogP contribution is 2.57. The number of aliphatic hydroxyl groups excluding tert-OH is 1. The number of fused-ring (bicyclic) bond motifs is 3. The van der Waals surface area contributed by atoms with Gasteiger partial charge in [-0.2, -0.15) is 4.98 Å². The highest BCUT2D eigenvalue weighted by Gasteiger charge is 2.54. The van der Waals surface area contributed by atoms with Crippen LogP contribution in [0.1, 0.15) is 24.1 Å². The van der Waals surface area contributed by atoms with Gasteiger partial charge in [-0.1, -0.05) is 6.07 Å². The van der Waals surface area contributed by atoms with Crippen LogP contribution in [0.4, 0.5) is 5.95 Å². The number of rotatable bonds is 7. The van der Waals surface area contributed by atoms with Crippen LogP contribution in [0.15, 0.2) is 29.3 Å². The van der Waals surface area contributed by atoms with Crippen LogP contribution in [0, 0.1) is 0 Å². The van der Waals surface area contributed by atoms with Gasteiger partial charge in [-0.15, -0.1) is 0 Å². The third-order valence-electron chi connectivity index (χ3n) is 6.54. The number of aliphatic carboxylic acids is 1. The van der Waals surface area contributed by atoms with Crippen molar-refractivity contribution in [3.8, 4) is 11.5 Å². The summed E-state index contributed by atoms with van der Waals surface area (Å²) in [7, 11) is -4.22. The Labute approximate surface area is 223 Å². The molecule has 18 heteroatoms. The SMILES string of the molecule is Nc1nc2c(ncn2C2OC3COP(=O)(OCC4CC(=O)Oc5cc(OCC(=O)O)ccc54)OC3C2O)c(=O)[nH]1. The molecule has 0 radical (unpaired) electrons. The van der Waals surface area contributed by atoms with Gasteiger partial charge in [-0.3, -0.25) is 32.7 Å². The molecule has 6 unspecified atom stereocenters. The first-order valence-electron chi connectivity index (χ1n) is 11.9. The van der Waals surface area contributed by atoms with Crippen molar-refractivity contribution in [1.82, 2.24) is 19.5 Å². The number of hydrogen-bond acceptors (Lipinski definition) is 14. The van der Waals surface area contributed by atoms with Crippen LogP contribution >= 0.6 is 7.82 Å². The predicted octanol–water partition coefficient (Wildman–Crippen LogP) is 0.0565. The van der Waals surface area contributed by atoms with Crippen molar-refractivity contribution in [1.29, 1.82) is 0 Å². The molecule has 2 aromatic heterocycles. The summed E-state index contributed by atoms with van der Waals surface area (Å²) in [5.74, 6) is -2.15. The number of aromatic nitrogens is 4. The predicted molar refractivity (Wildman–Crippen MR) is 129 cm³/mol. The fraction of sp³-hybridized carbons (Fsp3) is 0.409. The molecule has 3 aliphatic rings. The van der Waals surface area contributed by atoms with Gasteiger partial charge in [0.25, 0.3) is 5.56 Å². The van der Waals surface area contributed by atoms with E-state index >= 15 is 0 Å². The third-order valence-corrected chi connectivity index (χ3v) is 7.97. The number of carbonyl (C=O) groups excluding carboxylic acids is 1. The number of hydrogen-bond donors (Lipinski definition) is 4. The van der Waals surface area contributed by atoms with E-state index in [4.69, 9.17) is 38.6 Å². The van der Waals surface area contributed by atoms with Crippen LogP contribution in [-0.2, 0) is 32.5 Å². The molecule has 0 bridgehead atoms. The number of imidazole rings is 1. The Kier molecular flexibility index (Phi) is 6.56. The quantitative estimate of drug-likeness (QED) is 0.164. The number of ether oxygens (including phenoxy) is 3. The molecule has 6 atom stereocenters. The van der Waals surface area contributed by atoms with Crippen molar-refractivity contribution in [2.75, 3.05) is 25.6 Å². The number of anilines is 1. The lowest BCUT2D eigenvalue weighted by atomic mass is 9.93. The van der Waals surface area contributed by atoms with Gasteiger partial charge >= 0.3 is 19.8 Å². The van der Waals surface area contributed by atoms with Crippen LogP contribution in [0.2, 0.25) is 0 Å². The molecule has 6 rings (SSSR count). The molecule has 1 aromatic carbocycles. The molecule has 5 N–H and O–H groups in total. The molecule has 0 aliphatic carbocycles. The topological polar surface area (TPSA) is 237 Å². The highest BCUT2D eigenvalue weighted by atomic mass is 31.2. The molecule has 0 amide bonds. The average molecular weight is 579 g/mol. The number of aliphatic hydroxyl groups is 1. The molecular weight excluding hydrogens is 557 g/mol. The normalized spacial score (nSPS) is 29.5. The van der Waals surface area contributed by atoms with Crippen molar-refractivity contribution in [2.45, 2.75) is 36.9 Å². The summed E-state index contributed by atoms with van der Waals surface area (Å²) in [5, 5.41) is 19.8. The van der Waals surface area contributed by atoms with E-state index in [-0.39, 0.29) is 48.2 Å². The zero-order valence-electron chi connectivity index (χ0n) is 20.4. The van der Waals surface area contributed by atoms with E-state index in [0.717, 1.165) is 0 Å². The standard InChI is InChI=1S/C22H22N5O12P/c23-22-25-19-16(20(32)26-22)24-8-27(19)21-17(31)18-13(38-21)6-36-40(33,39-18)35-5-9-3-15(30)37-12-4-10(1-2-11(9)12)34-7-14(28)29/h1-2,4,8-9,13,17-18,21,31H,3,5-7H2,(H,28,29)(H3,23,25,26,32). The summed E-state index contributed by atoms with van der Waals surface area (Å²) in [6, 6.07) is 4.48. The number of phosphoric acid groups is 1. The minimum atomic E-state index is -4.22. The maximum atomic E-state index is 13.3. The lowest BCUT2D eigenvalue weighted by Gasteiger charge is -2.32. The average Bonchev–Trinajstić information content (AvgIpc) is 3.46. The lowest BCUT2D eigenvalue weighted by Crippen LogP contribution is -2.39. The second-order valence-corrected chi connectivity index (χ2v) is 10.8. The Morgan fingerprint density at radius 3 is 2.95 bits per heavy atom. The number of nitrogen functional groups attached to an aromatic ring is 1. The van der Waals surface area contributed by atoms with Gasteiger partial charge in [0.05, 0.1) is 26.0 Å². The van der Waals surface area contributed by atoms with Gasteiger partial charge in [-0.05, 0) is 6.07 Å². The number of benzene rings is 1. The Bertz CT molecular complexity index is 1610. The fourth-order valence-corrected chi connectivity index (χ4v) is 6.18. The first kappa shape index (κ1) is 26.4. The molecule has 0 saturated carbocycles. The van der Waals surface area contributed by atoms with Crippen LogP contribution in [-0.4, -0.2) is 79.8 Å². The summed E-state index contributed by atoms with van der Waals surface area (Å²) in [6.07, 6.45) is -3.28. The van der Waals surface area contributed by atoms with Crippen molar-refractivity contribution >= 4 is 36.9 Å². The first-order chi connectivity index (χ1) is 19.1. The summed E-state index contributed by atoms with van der Waals surface area (Å²) in [6.45, 7) is -1.08. The lowest BCUT2D eigenvalue weighted by molar-refractivity contribution is -0.139. The summed E-state index contributed by atoms with van der Waals surface area (Å²) in [5.41, 5.74) is 5.67. The number of carbonyl (C=O) groups is 2. The summed E-state index contributed by atoms with van der Waals surface area (Å²) >= 11 is 0. The molecule has 212 valence electrons. The van der Waals surface area contributed by atoms with E-state index in [0.29, 0.717) is 5.56 Å². The monoisotopic (exact) mass is 579 g/mol. The molecule has 40 heavy (non-hydrogen) atoms. The zero-order valence-corrected chi connectivity index (χ0v) is 21.3. The maximum absolute atomic E-state index is 13.3. The largest absolute Gasteiger partial charge is 0.482 e. The molecular formula is C22H22N5O12P. The van der Waals surface area contributed by atoms with Gasteiger partial charge in [0.15, 0.2) is 24.0 Å². The Morgan fingerprint density at radius 1 is 1.32 bits per heavy atom. The molecule has 2 fully saturated rings. The van der Waals surface area contributed by atoms with Crippen LogP contribution < -0.4 is 20.8 Å². The van der Waals surface area contributed by atoms with Gasteiger partial charge < -0.3 is 30.2 Å². The van der Waals surface area contributed by atoms with Crippen LogP contribution in [0.25, 0.3) is 11.2 Å². The number of carboxylic acids is 1. The third kappa shape index (κ3) is 4.83. The molecule has 3 aromatic rings. The van der Waals surface area contributed by atoms with Gasteiger partial charge in [0.2, 0.25) is 5.95 Å². The van der Waals surface area contributed by atoms with Crippen molar-refractivity contribution < 1.29 is 52.1 Å². The number of nitrogens with two attached hydrogens (primary N) is 1. The Balaban J connectivity index is 1.15. The van der Waals surface area contributed by atoms with Gasteiger partial charge in [0.1, 0.15) is 29.8 Å². The van der Waals surface area contributed by atoms with E-state index in [1.165, 1.54) is 23.0 Å². The Hall–Kier alpha value is -3.86. The first-order valence-corrected chi connectivity index (χ1v) is 13.4. The number of esters is 1. The molecule has 2 saturated heterocycles. The maximum Gasteiger partial charge on any atom is 0.475 e. The molecule has 0 spiro atoms. The van der Waals surface area contributed by atoms with E-state index in [2.05, 4.69) is 15.0 Å².